The van der Waals surface area contributed by atoms with Crippen molar-refractivity contribution in [3.63, 3.8) is 0 Å². The van der Waals surface area contributed by atoms with Crippen LogP contribution in [0.25, 0.3) is 0 Å². The summed E-state index contributed by atoms with van der Waals surface area (Å²) in [4.78, 5) is 17.5. The van der Waals surface area contributed by atoms with E-state index in [-0.39, 0.29) is 0 Å². The van der Waals surface area contributed by atoms with Gasteiger partial charge < -0.3 is 10.2 Å². The topological polar surface area (TPSA) is 74.6 Å². The Morgan fingerprint density at radius 3 is 1.30 bits per heavy atom. The Hall–Kier alpha value is -1.36. The zero-order chi connectivity index (χ0) is 16.2. The van der Waals surface area contributed by atoms with Crippen LogP contribution < -0.4 is 0 Å². The minimum absolute atomic E-state index is 0.999. The van der Waals surface area contributed by atoms with Crippen LogP contribution in [0.5, 0.6) is 0 Å². The summed E-state index contributed by atoms with van der Waals surface area (Å²) in [6.45, 7) is 4.35. The lowest BCUT2D eigenvalue weighted by molar-refractivity contribution is 0.219. The van der Waals surface area contributed by atoms with Crippen molar-refractivity contribution in [1.29, 1.82) is 0 Å². The molecule has 0 saturated carbocycles. The summed E-state index contributed by atoms with van der Waals surface area (Å²) >= 11 is 8.38. The summed E-state index contributed by atoms with van der Waals surface area (Å²) in [5.41, 5.74) is -2.72. The van der Waals surface area contributed by atoms with E-state index in [0.29, 0.717) is 0 Å². The SMILES string of the molecule is CCCCC#CC#CCCCC.O=C(O)Cl.O=C(O)Cl. The van der Waals surface area contributed by atoms with Crippen LogP contribution in [0, 0.1) is 23.7 Å². The molecule has 0 heterocycles. The van der Waals surface area contributed by atoms with Gasteiger partial charge in [0.05, 0.1) is 0 Å². The Labute approximate surface area is 130 Å². The Morgan fingerprint density at radius 1 is 0.850 bits per heavy atom. The summed E-state index contributed by atoms with van der Waals surface area (Å²) in [7, 11) is 0. The minimum Gasteiger partial charge on any atom is -0.469 e. The van der Waals surface area contributed by atoms with Gasteiger partial charge in [0.25, 0.3) is 0 Å². The fourth-order valence-electron chi connectivity index (χ4n) is 0.744. The molecule has 0 aliphatic carbocycles. The van der Waals surface area contributed by atoms with E-state index in [4.69, 9.17) is 19.8 Å². The summed E-state index contributed by atoms with van der Waals surface area (Å²) in [6, 6.07) is 0. The molecule has 0 aliphatic rings. The number of unbranched alkanes of at least 4 members (excludes halogenated alkanes) is 4. The van der Waals surface area contributed by atoms with Gasteiger partial charge in [0.1, 0.15) is 0 Å². The summed E-state index contributed by atoms with van der Waals surface area (Å²) in [6.07, 6.45) is 6.83. The summed E-state index contributed by atoms with van der Waals surface area (Å²) in [5.74, 6) is 11.8. The van der Waals surface area contributed by atoms with Crippen molar-refractivity contribution in [3.05, 3.63) is 0 Å². The maximum absolute atomic E-state index is 8.77. The fourth-order valence-corrected chi connectivity index (χ4v) is 0.744. The first-order chi connectivity index (χ1) is 9.38. The van der Waals surface area contributed by atoms with Crippen molar-refractivity contribution in [2.24, 2.45) is 0 Å². The first-order valence-corrected chi connectivity index (χ1v) is 6.86. The highest BCUT2D eigenvalue weighted by atomic mass is 35.5. The second-order valence-corrected chi connectivity index (χ2v) is 3.96. The van der Waals surface area contributed by atoms with Crippen molar-refractivity contribution in [1.82, 2.24) is 0 Å². The van der Waals surface area contributed by atoms with Crippen molar-refractivity contribution in [2.45, 2.75) is 52.4 Å². The van der Waals surface area contributed by atoms with Gasteiger partial charge in [-0.05, 0) is 24.7 Å². The number of hydrogen-bond acceptors (Lipinski definition) is 2. The zero-order valence-electron chi connectivity index (χ0n) is 11.7. The van der Waals surface area contributed by atoms with Crippen molar-refractivity contribution in [2.75, 3.05) is 0 Å². The van der Waals surface area contributed by atoms with Crippen LogP contribution in [0.1, 0.15) is 52.4 Å². The molecular weight excluding hydrogens is 303 g/mol. The lowest BCUT2D eigenvalue weighted by Crippen LogP contribution is -1.67. The van der Waals surface area contributed by atoms with E-state index in [9.17, 15) is 0 Å². The zero-order valence-corrected chi connectivity index (χ0v) is 13.2. The molecular formula is C14H20Cl2O4. The normalized spacial score (nSPS) is 7.20. The molecule has 0 spiro atoms. The second kappa shape index (κ2) is 22.8. The third-order valence-electron chi connectivity index (χ3n) is 1.55. The molecule has 20 heavy (non-hydrogen) atoms. The molecule has 0 saturated heterocycles. The molecule has 0 fully saturated rings. The standard InChI is InChI=1S/C12H18.2CHClO2/c1-3-5-7-9-11-12-10-8-6-4-2;2*2-1(3)4/h3-8H2,1-2H3;2*(H,3,4). The van der Waals surface area contributed by atoms with Gasteiger partial charge in [0, 0.05) is 36.0 Å². The lowest BCUT2D eigenvalue weighted by atomic mass is 10.2. The molecule has 4 nitrogen and oxygen atoms in total. The van der Waals surface area contributed by atoms with Crippen molar-refractivity contribution < 1.29 is 19.8 Å². The monoisotopic (exact) mass is 322 g/mol. The fraction of sp³-hybridized carbons (Fsp3) is 0.571. The van der Waals surface area contributed by atoms with Crippen molar-refractivity contribution in [3.8, 4) is 23.7 Å². The van der Waals surface area contributed by atoms with Crippen molar-refractivity contribution >= 4 is 34.1 Å². The number of halogens is 2. The highest BCUT2D eigenvalue weighted by molar-refractivity contribution is 6.60. The summed E-state index contributed by atoms with van der Waals surface area (Å²) in [5, 5.41) is 14.4. The van der Waals surface area contributed by atoms with Gasteiger partial charge in [-0.25, -0.2) is 9.59 Å². The van der Waals surface area contributed by atoms with E-state index in [1.165, 1.54) is 25.7 Å². The number of hydrogen-bond donors (Lipinski definition) is 2. The lowest BCUT2D eigenvalue weighted by Gasteiger charge is -1.82. The number of carboxylic acid groups (broad SMARTS) is 2. The van der Waals surface area contributed by atoms with Crippen LogP contribution in [0.2, 0.25) is 0 Å². The molecule has 0 aromatic rings. The van der Waals surface area contributed by atoms with E-state index in [1.807, 2.05) is 0 Å². The van der Waals surface area contributed by atoms with Crippen LogP contribution in [-0.4, -0.2) is 21.1 Å². The van der Waals surface area contributed by atoms with Crippen LogP contribution in [0.15, 0.2) is 0 Å². The third-order valence-corrected chi connectivity index (χ3v) is 1.55. The molecule has 0 unspecified atom stereocenters. The number of carbonyl (C=O) groups is 2. The maximum Gasteiger partial charge on any atom is 0.401 e. The number of rotatable bonds is 4. The Morgan fingerprint density at radius 2 is 1.10 bits per heavy atom. The minimum atomic E-state index is -1.36. The quantitative estimate of drug-likeness (QED) is 0.425. The van der Waals surface area contributed by atoms with E-state index < -0.39 is 10.9 Å². The molecule has 6 heteroatoms. The molecule has 114 valence electrons. The average molecular weight is 323 g/mol. The van der Waals surface area contributed by atoms with Crippen LogP contribution in [-0.2, 0) is 0 Å². The van der Waals surface area contributed by atoms with Crippen LogP contribution in [0.4, 0.5) is 9.59 Å². The Balaban J connectivity index is -0.000000297. The molecule has 0 radical (unpaired) electrons. The first-order valence-electron chi connectivity index (χ1n) is 6.10. The third kappa shape index (κ3) is 69.7. The van der Waals surface area contributed by atoms with Gasteiger partial charge in [-0.3, -0.25) is 0 Å². The predicted molar refractivity (Wildman–Crippen MR) is 82.4 cm³/mol. The average Bonchev–Trinajstić information content (AvgIpc) is 2.31. The Bertz CT molecular complexity index is 315. The van der Waals surface area contributed by atoms with Gasteiger partial charge >= 0.3 is 10.9 Å². The predicted octanol–water partition coefficient (Wildman–Crippen LogP) is 5.18. The van der Waals surface area contributed by atoms with Gasteiger partial charge in [0.2, 0.25) is 0 Å². The van der Waals surface area contributed by atoms with E-state index in [1.54, 1.807) is 0 Å². The van der Waals surface area contributed by atoms with E-state index in [0.717, 1.165) is 12.8 Å². The highest BCUT2D eigenvalue weighted by Crippen LogP contribution is 1.91. The van der Waals surface area contributed by atoms with Gasteiger partial charge in [-0.15, -0.1) is 0 Å². The first kappa shape index (κ1) is 23.7. The molecule has 0 aliphatic heterocycles. The molecule has 0 bridgehead atoms. The summed E-state index contributed by atoms with van der Waals surface area (Å²) < 4.78 is 0. The van der Waals surface area contributed by atoms with Gasteiger partial charge in [0.15, 0.2) is 0 Å². The highest BCUT2D eigenvalue weighted by Gasteiger charge is 1.75. The van der Waals surface area contributed by atoms with E-state index >= 15 is 0 Å². The molecule has 0 atom stereocenters. The maximum atomic E-state index is 8.77. The molecule has 2 N–H and O–H groups in total. The molecule has 0 aromatic carbocycles. The molecule has 0 rings (SSSR count). The Kier molecular flexibility index (Phi) is 27.0. The van der Waals surface area contributed by atoms with Gasteiger partial charge in [-0.2, -0.15) is 0 Å². The van der Waals surface area contributed by atoms with E-state index in [2.05, 4.69) is 60.7 Å². The van der Waals surface area contributed by atoms with Crippen LogP contribution >= 0.6 is 23.2 Å². The van der Waals surface area contributed by atoms with Gasteiger partial charge in [-0.1, -0.05) is 38.5 Å². The largest absolute Gasteiger partial charge is 0.469 e. The second-order valence-electron chi connectivity index (χ2n) is 3.32. The van der Waals surface area contributed by atoms with Crippen LogP contribution in [0.3, 0.4) is 0 Å². The molecule has 0 aromatic heterocycles. The smallest absolute Gasteiger partial charge is 0.401 e. The molecule has 0 amide bonds.